The van der Waals surface area contributed by atoms with Crippen molar-refractivity contribution in [2.45, 2.75) is 6.92 Å². The molecule has 0 aliphatic heterocycles. The van der Waals surface area contributed by atoms with E-state index in [1.54, 1.807) is 6.92 Å². The van der Waals surface area contributed by atoms with Crippen molar-refractivity contribution in [3.05, 3.63) is 34.0 Å². The average molecular weight is 289 g/mol. The second kappa shape index (κ2) is 7.05. The Balaban J connectivity index is 2.72. The van der Waals surface area contributed by atoms with Crippen molar-refractivity contribution in [2.75, 3.05) is 13.2 Å². The van der Waals surface area contributed by atoms with Gasteiger partial charge in [0.25, 0.3) is 5.91 Å². The van der Waals surface area contributed by atoms with Gasteiger partial charge in [0.1, 0.15) is 11.6 Å². The van der Waals surface area contributed by atoms with E-state index in [9.17, 15) is 14.8 Å². The van der Waals surface area contributed by atoms with Crippen molar-refractivity contribution in [3.8, 4) is 0 Å². The molecule has 0 aromatic heterocycles. The zero-order chi connectivity index (χ0) is 14.4. The lowest BCUT2D eigenvalue weighted by Crippen LogP contribution is -2.99. The van der Waals surface area contributed by atoms with Crippen LogP contribution in [-0.4, -0.2) is 30.2 Å². The third-order valence-electron chi connectivity index (χ3n) is 2.16. The van der Waals surface area contributed by atoms with Crippen LogP contribution in [0.25, 0.3) is 0 Å². The smallest absolute Gasteiger partial charge is 0.325 e. The van der Waals surface area contributed by atoms with Gasteiger partial charge < -0.3 is 15.3 Å². The standard InChI is InChI=1S/C11H13ClN2O5/c1-2-19-10(15)6-13-11(16)7-3-4-8(12)9(5-7)14(17)18/h3-5,14,17H,2,6H2,1H3,(H,13,16). The van der Waals surface area contributed by atoms with Gasteiger partial charge in [-0.05, 0) is 19.1 Å². The lowest BCUT2D eigenvalue weighted by Gasteiger charge is -2.14. The minimum absolute atomic E-state index is 0.0365. The lowest BCUT2D eigenvalue weighted by molar-refractivity contribution is -0.991. The summed E-state index contributed by atoms with van der Waals surface area (Å²) in [6.45, 7) is 1.59. The van der Waals surface area contributed by atoms with Gasteiger partial charge in [-0.15, -0.1) is 0 Å². The fourth-order valence-electron chi connectivity index (χ4n) is 1.30. The van der Waals surface area contributed by atoms with Gasteiger partial charge in [-0.2, -0.15) is 5.23 Å². The molecule has 0 aliphatic rings. The molecule has 0 saturated heterocycles. The zero-order valence-electron chi connectivity index (χ0n) is 10.1. The second-order valence-electron chi connectivity index (χ2n) is 3.49. The summed E-state index contributed by atoms with van der Waals surface area (Å²) in [6.07, 6.45) is 0. The first-order valence-electron chi connectivity index (χ1n) is 5.42. The molecule has 1 aromatic carbocycles. The number of nitrogens with one attached hydrogen (secondary N) is 2. The van der Waals surface area contributed by atoms with Crippen LogP contribution in [0.5, 0.6) is 0 Å². The Hall–Kier alpha value is -1.67. The normalized spacial score (nSPS) is 11.8. The number of rotatable bonds is 5. The number of hydrogen-bond acceptors (Lipinski definition) is 5. The molecule has 1 aromatic rings. The van der Waals surface area contributed by atoms with Crippen LogP contribution in [-0.2, 0) is 9.53 Å². The topological polar surface area (TPSA) is 103 Å². The van der Waals surface area contributed by atoms with Crippen LogP contribution in [0.2, 0.25) is 5.02 Å². The van der Waals surface area contributed by atoms with Crippen LogP contribution in [0, 0.1) is 5.21 Å². The molecule has 1 unspecified atom stereocenters. The van der Waals surface area contributed by atoms with Crippen molar-refractivity contribution in [3.63, 3.8) is 0 Å². The van der Waals surface area contributed by atoms with Gasteiger partial charge in [-0.25, -0.2) is 5.21 Å². The Bertz CT molecular complexity index is 478. The highest BCUT2D eigenvalue weighted by molar-refractivity contribution is 6.32. The summed E-state index contributed by atoms with van der Waals surface area (Å²) >= 11 is 5.68. The van der Waals surface area contributed by atoms with Gasteiger partial charge >= 0.3 is 5.97 Å². The van der Waals surface area contributed by atoms with Crippen LogP contribution in [0.3, 0.4) is 0 Å². The van der Waals surface area contributed by atoms with E-state index in [1.807, 2.05) is 0 Å². The molecule has 0 fully saturated rings. The Labute approximate surface area is 114 Å². The summed E-state index contributed by atoms with van der Waals surface area (Å²) in [5.74, 6) is -1.14. The molecule has 3 N–H and O–H groups in total. The van der Waals surface area contributed by atoms with Crippen LogP contribution in [0.4, 0.5) is 5.69 Å². The molecule has 0 heterocycles. The van der Waals surface area contributed by atoms with Gasteiger partial charge in [0.15, 0.2) is 5.69 Å². The number of benzene rings is 1. The Morgan fingerprint density at radius 1 is 1.53 bits per heavy atom. The van der Waals surface area contributed by atoms with E-state index in [4.69, 9.17) is 16.8 Å². The summed E-state index contributed by atoms with van der Waals surface area (Å²) in [4.78, 5) is 22.7. The molecular weight excluding hydrogens is 276 g/mol. The minimum Gasteiger partial charge on any atom is -0.595 e. The SMILES string of the molecule is CCOC(=O)CNC(=O)c1ccc(Cl)c([NH+]([O-])O)c1. The molecule has 1 rings (SSSR count). The molecule has 1 amide bonds. The lowest BCUT2D eigenvalue weighted by atomic mass is 10.2. The van der Waals surface area contributed by atoms with Crippen molar-refractivity contribution >= 4 is 29.2 Å². The number of halogens is 1. The minimum atomic E-state index is -1.23. The third-order valence-corrected chi connectivity index (χ3v) is 2.49. The summed E-state index contributed by atoms with van der Waals surface area (Å²) in [7, 11) is 0. The predicted molar refractivity (Wildman–Crippen MR) is 66.2 cm³/mol. The van der Waals surface area contributed by atoms with E-state index in [1.165, 1.54) is 12.1 Å². The number of carbonyl (C=O) groups excluding carboxylic acids is 2. The van der Waals surface area contributed by atoms with Crippen molar-refractivity contribution in [2.24, 2.45) is 0 Å². The number of quaternary nitrogens is 1. The van der Waals surface area contributed by atoms with Crippen LogP contribution in [0.1, 0.15) is 17.3 Å². The molecule has 8 heteroatoms. The highest BCUT2D eigenvalue weighted by Crippen LogP contribution is 2.19. The Morgan fingerprint density at radius 2 is 2.21 bits per heavy atom. The van der Waals surface area contributed by atoms with Crippen molar-refractivity contribution in [1.82, 2.24) is 5.32 Å². The van der Waals surface area contributed by atoms with Gasteiger partial charge in [0, 0.05) is 11.6 Å². The molecule has 19 heavy (non-hydrogen) atoms. The van der Waals surface area contributed by atoms with Gasteiger partial charge in [0.2, 0.25) is 0 Å². The molecule has 1 atom stereocenters. The maximum absolute atomic E-state index is 11.7. The highest BCUT2D eigenvalue weighted by atomic mass is 35.5. The number of carbonyl (C=O) groups is 2. The summed E-state index contributed by atoms with van der Waals surface area (Å²) in [5, 5.41) is 20.9. The van der Waals surface area contributed by atoms with Crippen molar-refractivity contribution < 1.29 is 24.8 Å². The quantitative estimate of drug-likeness (QED) is 0.524. The van der Waals surface area contributed by atoms with Crippen LogP contribution in [0.15, 0.2) is 18.2 Å². The number of hydrogen-bond donors (Lipinski definition) is 3. The molecule has 0 bridgehead atoms. The van der Waals surface area contributed by atoms with E-state index in [0.717, 1.165) is 6.07 Å². The Kier molecular flexibility index (Phi) is 5.71. The van der Waals surface area contributed by atoms with E-state index in [2.05, 4.69) is 10.1 Å². The fraction of sp³-hybridized carbons (Fsp3) is 0.273. The first-order valence-corrected chi connectivity index (χ1v) is 5.80. The molecule has 104 valence electrons. The zero-order valence-corrected chi connectivity index (χ0v) is 10.9. The average Bonchev–Trinajstić information content (AvgIpc) is 2.36. The third kappa shape index (κ3) is 4.49. The number of ether oxygens (including phenoxy) is 1. The molecule has 7 nitrogen and oxygen atoms in total. The highest BCUT2D eigenvalue weighted by Gasteiger charge is 2.14. The van der Waals surface area contributed by atoms with Crippen LogP contribution < -0.4 is 10.5 Å². The molecule has 0 saturated carbocycles. The number of amides is 1. The number of esters is 1. The molecule has 0 spiro atoms. The van der Waals surface area contributed by atoms with Crippen molar-refractivity contribution in [1.29, 1.82) is 0 Å². The maximum atomic E-state index is 11.7. The monoisotopic (exact) mass is 288 g/mol. The second-order valence-corrected chi connectivity index (χ2v) is 3.89. The van der Waals surface area contributed by atoms with Crippen LogP contribution >= 0.6 is 11.6 Å². The molecule has 0 aliphatic carbocycles. The first-order chi connectivity index (χ1) is 8.95. The largest absolute Gasteiger partial charge is 0.595 e. The fourth-order valence-corrected chi connectivity index (χ4v) is 1.50. The summed E-state index contributed by atoms with van der Waals surface area (Å²) in [5.41, 5.74) is -0.0726. The van der Waals surface area contributed by atoms with Gasteiger partial charge in [-0.3, -0.25) is 9.59 Å². The summed E-state index contributed by atoms with van der Waals surface area (Å²) < 4.78 is 4.64. The van der Waals surface area contributed by atoms with Gasteiger partial charge in [0.05, 0.1) is 6.61 Å². The first kappa shape index (κ1) is 15.4. The van der Waals surface area contributed by atoms with E-state index >= 15 is 0 Å². The molecule has 0 radical (unpaired) electrons. The molecular formula is C11H13ClN2O5. The summed E-state index contributed by atoms with van der Waals surface area (Å²) in [6, 6.07) is 3.82. The Morgan fingerprint density at radius 3 is 2.79 bits per heavy atom. The maximum Gasteiger partial charge on any atom is 0.325 e. The predicted octanol–water partition coefficient (Wildman–Crippen LogP) is 0.0363. The van der Waals surface area contributed by atoms with Gasteiger partial charge in [-0.1, -0.05) is 11.6 Å². The van der Waals surface area contributed by atoms with E-state index < -0.39 is 17.1 Å². The van der Waals surface area contributed by atoms with E-state index in [-0.39, 0.29) is 29.4 Å². The van der Waals surface area contributed by atoms with E-state index in [0.29, 0.717) is 0 Å².